The highest BCUT2D eigenvalue weighted by molar-refractivity contribution is 6.02. The van der Waals surface area contributed by atoms with E-state index in [1.165, 1.54) is 19.2 Å². The van der Waals surface area contributed by atoms with Crippen LogP contribution in [0, 0.1) is 5.92 Å². The maximum Gasteiger partial charge on any atom is 0.310 e. The number of likely N-dealkylation sites (tertiary alicyclic amines) is 1. The fourth-order valence-corrected chi connectivity index (χ4v) is 3.93. The molecular weight excluding hydrogens is 402 g/mol. The number of nitrogens with zero attached hydrogens (tertiary/aromatic N) is 1. The fraction of sp³-hybridized carbons (Fsp3) is 0.348. The van der Waals surface area contributed by atoms with Gasteiger partial charge >= 0.3 is 5.97 Å². The van der Waals surface area contributed by atoms with E-state index in [9.17, 15) is 19.5 Å². The molecule has 1 saturated heterocycles. The van der Waals surface area contributed by atoms with E-state index < -0.39 is 6.10 Å². The third-order valence-electron chi connectivity index (χ3n) is 5.58. The summed E-state index contributed by atoms with van der Waals surface area (Å²) in [6.45, 7) is 0.483. The molecule has 1 N–H and O–H groups in total. The number of rotatable bonds is 5. The molecule has 2 aromatic carbocycles. The smallest absolute Gasteiger partial charge is 0.310 e. The van der Waals surface area contributed by atoms with Crippen LogP contribution in [0.1, 0.15) is 34.9 Å². The number of hydrogen-bond acceptors (Lipinski definition) is 7. The van der Waals surface area contributed by atoms with Gasteiger partial charge in [0.1, 0.15) is 28.9 Å². The van der Waals surface area contributed by atoms with Crippen molar-refractivity contribution in [3.8, 4) is 17.2 Å². The predicted octanol–water partition coefficient (Wildman–Crippen LogP) is 2.50. The topological polar surface area (TPSA) is 102 Å². The molecule has 8 heteroatoms. The van der Waals surface area contributed by atoms with Crippen LogP contribution in [0.3, 0.4) is 0 Å². The molecule has 2 atom stereocenters. The second-order valence-corrected chi connectivity index (χ2v) is 7.60. The molecule has 2 aliphatic rings. The molecule has 0 saturated carbocycles. The first-order valence-electron chi connectivity index (χ1n) is 10.1. The standard InChI is InChI=1S/C23H23NO7/c1-29-23(28)15-7-8-24(12-15)21(27)13-30-16-9-17(25)22-18(26)11-19(31-20(22)10-16)14-5-3-2-4-6-14/h2-6,9-10,15,19,25H,7-8,11-13H2,1H3. The largest absolute Gasteiger partial charge is 0.507 e. The Morgan fingerprint density at radius 3 is 2.74 bits per heavy atom. The highest BCUT2D eigenvalue weighted by Gasteiger charge is 2.33. The number of carbonyl (C=O) groups excluding carboxylic acids is 3. The number of benzene rings is 2. The maximum absolute atomic E-state index is 12.6. The van der Waals surface area contributed by atoms with Crippen molar-refractivity contribution in [1.29, 1.82) is 0 Å². The van der Waals surface area contributed by atoms with E-state index in [1.54, 1.807) is 4.90 Å². The third-order valence-corrected chi connectivity index (χ3v) is 5.58. The molecule has 0 spiro atoms. The van der Waals surface area contributed by atoms with Crippen LogP contribution in [-0.4, -0.2) is 54.5 Å². The summed E-state index contributed by atoms with van der Waals surface area (Å²) in [4.78, 5) is 38.2. The van der Waals surface area contributed by atoms with E-state index in [0.29, 0.717) is 19.5 Å². The lowest BCUT2D eigenvalue weighted by Gasteiger charge is -2.26. The molecule has 31 heavy (non-hydrogen) atoms. The number of esters is 1. The van der Waals surface area contributed by atoms with E-state index in [-0.39, 0.29) is 59.4 Å². The lowest BCUT2D eigenvalue weighted by atomic mass is 9.95. The van der Waals surface area contributed by atoms with Crippen LogP contribution in [0.15, 0.2) is 42.5 Å². The Labute approximate surface area is 179 Å². The number of phenols is 1. The van der Waals surface area contributed by atoms with Crippen LogP contribution in [0.5, 0.6) is 17.2 Å². The van der Waals surface area contributed by atoms with Gasteiger partial charge in [-0.05, 0) is 12.0 Å². The number of Topliss-reactive ketones (excluding diaryl/α,β-unsaturated/α-hetero) is 1. The van der Waals surface area contributed by atoms with Gasteiger partial charge < -0.3 is 24.2 Å². The van der Waals surface area contributed by atoms with Gasteiger partial charge in [0.05, 0.1) is 19.4 Å². The molecule has 2 unspecified atom stereocenters. The summed E-state index contributed by atoms with van der Waals surface area (Å²) >= 11 is 0. The van der Waals surface area contributed by atoms with Gasteiger partial charge in [0, 0.05) is 25.2 Å². The lowest BCUT2D eigenvalue weighted by Crippen LogP contribution is -2.34. The van der Waals surface area contributed by atoms with Gasteiger partial charge in [-0.1, -0.05) is 30.3 Å². The zero-order valence-electron chi connectivity index (χ0n) is 17.1. The Balaban J connectivity index is 1.44. The molecule has 2 heterocycles. The summed E-state index contributed by atoms with van der Waals surface area (Å²) < 4.78 is 16.3. The molecule has 0 radical (unpaired) electrons. The highest BCUT2D eigenvalue weighted by Crippen LogP contribution is 2.41. The van der Waals surface area contributed by atoms with E-state index >= 15 is 0 Å². The van der Waals surface area contributed by atoms with Crippen LogP contribution in [0.4, 0.5) is 0 Å². The van der Waals surface area contributed by atoms with Crippen molar-refractivity contribution < 1.29 is 33.7 Å². The monoisotopic (exact) mass is 425 g/mol. The number of ketones is 1. The normalized spacial score (nSPS) is 20.0. The van der Waals surface area contributed by atoms with Crippen molar-refractivity contribution in [3.05, 3.63) is 53.6 Å². The van der Waals surface area contributed by atoms with Gasteiger partial charge in [-0.25, -0.2) is 0 Å². The molecule has 2 aromatic rings. The summed E-state index contributed by atoms with van der Waals surface area (Å²) in [5, 5.41) is 10.3. The van der Waals surface area contributed by atoms with Crippen LogP contribution in [0.2, 0.25) is 0 Å². The maximum atomic E-state index is 12.6. The molecule has 8 nitrogen and oxygen atoms in total. The van der Waals surface area contributed by atoms with Crippen molar-refractivity contribution >= 4 is 17.7 Å². The Hall–Kier alpha value is -3.55. The quantitative estimate of drug-likeness (QED) is 0.735. The van der Waals surface area contributed by atoms with E-state index in [0.717, 1.165) is 5.56 Å². The van der Waals surface area contributed by atoms with E-state index in [1.807, 2.05) is 30.3 Å². The average molecular weight is 425 g/mol. The minimum Gasteiger partial charge on any atom is -0.507 e. The molecule has 162 valence electrons. The molecule has 1 fully saturated rings. The van der Waals surface area contributed by atoms with Gasteiger partial charge in [-0.3, -0.25) is 14.4 Å². The summed E-state index contributed by atoms with van der Waals surface area (Å²) in [5.74, 6) is -0.955. The first-order chi connectivity index (χ1) is 15.0. The number of ether oxygens (including phenoxy) is 3. The van der Waals surface area contributed by atoms with Crippen LogP contribution in [0.25, 0.3) is 0 Å². The molecule has 0 bridgehead atoms. The number of phenolic OH excluding ortho intramolecular Hbond substituents is 1. The number of amides is 1. The zero-order valence-corrected chi connectivity index (χ0v) is 17.1. The number of hydrogen-bond donors (Lipinski definition) is 1. The first kappa shape index (κ1) is 20.7. The van der Waals surface area contributed by atoms with Crippen molar-refractivity contribution in [3.63, 3.8) is 0 Å². The molecular formula is C23H23NO7. The second-order valence-electron chi connectivity index (χ2n) is 7.60. The van der Waals surface area contributed by atoms with Gasteiger partial charge in [0.2, 0.25) is 0 Å². The zero-order chi connectivity index (χ0) is 22.0. The Bertz CT molecular complexity index is 1000. The van der Waals surface area contributed by atoms with Crippen molar-refractivity contribution in [2.75, 3.05) is 26.8 Å². The summed E-state index contributed by atoms with van der Waals surface area (Å²) in [6, 6.07) is 12.2. The summed E-state index contributed by atoms with van der Waals surface area (Å²) in [5.41, 5.74) is 0.975. The Kier molecular flexibility index (Phi) is 5.79. The van der Waals surface area contributed by atoms with Gasteiger partial charge in [-0.15, -0.1) is 0 Å². The van der Waals surface area contributed by atoms with Gasteiger partial charge in [0.25, 0.3) is 5.91 Å². The molecule has 1 amide bonds. The second kappa shape index (κ2) is 8.67. The summed E-state index contributed by atoms with van der Waals surface area (Å²) in [6.07, 6.45) is 0.214. The minimum atomic E-state index is -0.461. The SMILES string of the molecule is COC(=O)C1CCN(C(=O)COc2cc(O)c3c(c2)OC(c2ccccc2)CC3=O)C1. The molecule has 0 aliphatic carbocycles. The van der Waals surface area contributed by atoms with E-state index in [2.05, 4.69) is 0 Å². The lowest BCUT2D eigenvalue weighted by molar-refractivity contribution is -0.145. The molecule has 0 aromatic heterocycles. The summed E-state index contributed by atoms with van der Waals surface area (Å²) in [7, 11) is 1.33. The first-order valence-corrected chi connectivity index (χ1v) is 10.1. The van der Waals surface area contributed by atoms with Crippen LogP contribution in [-0.2, 0) is 14.3 Å². The van der Waals surface area contributed by atoms with Crippen LogP contribution < -0.4 is 9.47 Å². The minimum absolute atomic E-state index is 0.117. The van der Waals surface area contributed by atoms with E-state index in [4.69, 9.17) is 14.2 Å². The van der Waals surface area contributed by atoms with Crippen molar-refractivity contribution in [2.45, 2.75) is 18.9 Å². The van der Waals surface area contributed by atoms with Crippen LogP contribution >= 0.6 is 0 Å². The number of methoxy groups -OCH3 is 1. The number of fused-ring (bicyclic) bond motifs is 1. The predicted molar refractivity (Wildman–Crippen MR) is 109 cm³/mol. The Morgan fingerprint density at radius 1 is 1.23 bits per heavy atom. The third kappa shape index (κ3) is 4.33. The van der Waals surface area contributed by atoms with Gasteiger partial charge in [0.15, 0.2) is 12.4 Å². The van der Waals surface area contributed by atoms with Gasteiger partial charge in [-0.2, -0.15) is 0 Å². The fourth-order valence-electron chi connectivity index (χ4n) is 3.93. The average Bonchev–Trinajstić information content (AvgIpc) is 3.27. The van der Waals surface area contributed by atoms with Crippen molar-refractivity contribution in [2.24, 2.45) is 5.92 Å². The highest BCUT2D eigenvalue weighted by atomic mass is 16.5. The van der Waals surface area contributed by atoms with Crippen molar-refractivity contribution in [1.82, 2.24) is 4.90 Å². The molecule has 2 aliphatic heterocycles. The molecule has 4 rings (SSSR count). The number of aromatic hydroxyl groups is 1. The number of carbonyl (C=O) groups is 3. The Morgan fingerprint density at radius 2 is 2.00 bits per heavy atom.